The maximum Gasteiger partial charge on any atom is 0.269 e. The molecule has 8 nitrogen and oxygen atoms in total. The summed E-state index contributed by atoms with van der Waals surface area (Å²) in [4.78, 5) is 22.6. The van der Waals surface area contributed by atoms with Gasteiger partial charge in [-0.3, -0.25) is 19.5 Å². The molecule has 3 rings (SSSR count). The van der Waals surface area contributed by atoms with E-state index in [1.165, 1.54) is 23.9 Å². The number of benzene rings is 2. The smallest absolute Gasteiger partial charge is 0.269 e. The molecule has 1 amide bonds. The average Bonchev–Trinajstić information content (AvgIpc) is 3.16. The highest BCUT2D eigenvalue weighted by Crippen LogP contribution is 2.28. The summed E-state index contributed by atoms with van der Waals surface area (Å²) in [7, 11) is 0. The van der Waals surface area contributed by atoms with E-state index in [0.717, 1.165) is 12.1 Å². The summed E-state index contributed by atoms with van der Waals surface area (Å²) in [5, 5.41) is 23.0. The third kappa shape index (κ3) is 5.00. The van der Waals surface area contributed by atoms with Crippen LogP contribution in [0.2, 0.25) is 0 Å². The number of carbonyl (C=O) groups excluding carboxylic acids is 1. The van der Waals surface area contributed by atoms with Crippen molar-refractivity contribution in [3.63, 3.8) is 0 Å². The zero-order valence-corrected chi connectivity index (χ0v) is 16.9. The molecule has 0 aliphatic heterocycles. The number of nitrogens with one attached hydrogen (secondary N) is 1. The third-order valence-corrected chi connectivity index (χ3v) is 5.27. The van der Waals surface area contributed by atoms with Crippen molar-refractivity contribution in [3.05, 3.63) is 64.7 Å². The van der Waals surface area contributed by atoms with Crippen LogP contribution in [-0.2, 0) is 4.79 Å². The molecule has 0 spiro atoms. The molecular formula is C20H21N5O3S. The van der Waals surface area contributed by atoms with Crippen LogP contribution >= 0.6 is 11.8 Å². The van der Waals surface area contributed by atoms with Gasteiger partial charge in [0.05, 0.1) is 10.7 Å². The molecule has 3 aromatic rings. The first kappa shape index (κ1) is 20.5. The predicted molar refractivity (Wildman–Crippen MR) is 112 cm³/mol. The van der Waals surface area contributed by atoms with Gasteiger partial charge in [-0.15, -0.1) is 10.2 Å². The summed E-state index contributed by atoms with van der Waals surface area (Å²) in [6, 6.07) is 15.8. The zero-order chi connectivity index (χ0) is 20.8. The highest BCUT2D eigenvalue weighted by molar-refractivity contribution is 7.99. The summed E-state index contributed by atoms with van der Waals surface area (Å²) in [6.45, 7) is 3.97. The van der Waals surface area contributed by atoms with Crippen LogP contribution in [0.5, 0.6) is 0 Å². The molecule has 2 aromatic carbocycles. The predicted octanol–water partition coefficient (Wildman–Crippen LogP) is 3.85. The first-order valence-corrected chi connectivity index (χ1v) is 10.2. The van der Waals surface area contributed by atoms with Crippen LogP contribution in [-0.4, -0.2) is 37.4 Å². The molecule has 1 unspecified atom stereocenters. The summed E-state index contributed by atoms with van der Waals surface area (Å²) in [5.41, 5.74) is 1.55. The van der Waals surface area contributed by atoms with E-state index in [-0.39, 0.29) is 23.4 Å². The Morgan fingerprint density at radius 1 is 1.17 bits per heavy atom. The SMILES string of the molecule is CCC(C)NC(=O)CSc1nnc(-c2ccc([N+](=O)[O-])cc2)n1-c1ccccc1. The number of para-hydroxylation sites is 1. The lowest BCUT2D eigenvalue weighted by Crippen LogP contribution is -2.33. The Bertz CT molecular complexity index is 989. The molecule has 0 bridgehead atoms. The molecular weight excluding hydrogens is 390 g/mol. The van der Waals surface area contributed by atoms with Crippen LogP contribution < -0.4 is 5.32 Å². The topological polar surface area (TPSA) is 103 Å². The maximum absolute atomic E-state index is 12.2. The van der Waals surface area contributed by atoms with Crippen molar-refractivity contribution >= 4 is 23.4 Å². The average molecular weight is 411 g/mol. The number of aromatic nitrogens is 3. The van der Waals surface area contributed by atoms with Crippen LogP contribution in [0, 0.1) is 10.1 Å². The lowest BCUT2D eigenvalue weighted by Gasteiger charge is -2.12. The molecule has 1 N–H and O–H groups in total. The number of amides is 1. The monoisotopic (exact) mass is 411 g/mol. The maximum atomic E-state index is 12.2. The van der Waals surface area contributed by atoms with Crippen molar-refractivity contribution in [2.24, 2.45) is 0 Å². The molecule has 0 fully saturated rings. The summed E-state index contributed by atoms with van der Waals surface area (Å²) in [6.07, 6.45) is 0.862. The molecule has 0 aliphatic carbocycles. The van der Waals surface area contributed by atoms with Crippen molar-refractivity contribution in [1.82, 2.24) is 20.1 Å². The van der Waals surface area contributed by atoms with Gasteiger partial charge in [-0.2, -0.15) is 0 Å². The molecule has 0 saturated heterocycles. The largest absolute Gasteiger partial charge is 0.353 e. The van der Waals surface area contributed by atoms with Gasteiger partial charge in [-0.25, -0.2) is 0 Å². The molecule has 1 atom stereocenters. The van der Waals surface area contributed by atoms with Gasteiger partial charge >= 0.3 is 0 Å². The van der Waals surface area contributed by atoms with Gasteiger partial charge in [-0.1, -0.05) is 36.9 Å². The number of carbonyl (C=O) groups is 1. The second kappa shape index (κ2) is 9.33. The van der Waals surface area contributed by atoms with Crippen molar-refractivity contribution in [3.8, 4) is 17.1 Å². The van der Waals surface area contributed by atoms with E-state index < -0.39 is 4.92 Å². The molecule has 0 radical (unpaired) electrons. The second-order valence-electron chi connectivity index (χ2n) is 6.45. The summed E-state index contributed by atoms with van der Waals surface area (Å²) < 4.78 is 1.85. The van der Waals surface area contributed by atoms with Crippen molar-refractivity contribution < 1.29 is 9.72 Å². The van der Waals surface area contributed by atoms with E-state index in [1.807, 2.05) is 48.7 Å². The lowest BCUT2D eigenvalue weighted by atomic mass is 10.2. The first-order chi connectivity index (χ1) is 14.0. The van der Waals surface area contributed by atoms with E-state index in [0.29, 0.717) is 16.5 Å². The normalized spacial score (nSPS) is 11.8. The Balaban J connectivity index is 1.92. The van der Waals surface area contributed by atoms with E-state index in [1.54, 1.807) is 12.1 Å². The van der Waals surface area contributed by atoms with Crippen LogP contribution in [0.25, 0.3) is 17.1 Å². The first-order valence-electron chi connectivity index (χ1n) is 9.17. The van der Waals surface area contributed by atoms with Gasteiger partial charge in [0.25, 0.3) is 5.69 Å². The number of nitro benzene ring substituents is 1. The van der Waals surface area contributed by atoms with Crippen LogP contribution in [0.4, 0.5) is 5.69 Å². The van der Waals surface area contributed by atoms with E-state index in [4.69, 9.17) is 0 Å². The van der Waals surface area contributed by atoms with Gasteiger partial charge in [0.15, 0.2) is 11.0 Å². The van der Waals surface area contributed by atoms with Crippen molar-refractivity contribution in [2.75, 3.05) is 5.75 Å². The number of hydrogen-bond acceptors (Lipinski definition) is 6. The van der Waals surface area contributed by atoms with Crippen LogP contribution in [0.3, 0.4) is 0 Å². The number of rotatable bonds is 8. The number of non-ortho nitro benzene ring substituents is 1. The number of nitrogens with zero attached hydrogens (tertiary/aromatic N) is 4. The Labute approximate surface area is 172 Å². The fourth-order valence-corrected chi connectivity index (χ4v) is 3.40. The molecule has 29 heavy (non-hydrogen) atoms. The van der Waals surface area contributed by atoms with Gasteiger partial charge in [0.1, 0.15) is 0 Å². The molecule has 9 heteroatoms. The number of thioether (sulfide) groups is 1. The molecule has 1 heterocycles. The standard InChI is InChI=1S/C20H21N5O3S/c1-3-14(2)21-18(26)13-29-20-23-22-19(24(20)16-7-5-4-6-8-16)15-9-11-17(12-10-15)25(27)28/h4-12,14H,3,13H2,1-2H3,(H,21,26). The van der Waals surface area contributed by atoms with Gasteiger partial charge < -0.3 is 5.32 Å². The second-order valence-corrected chi connectivity index (χ2v) is 7.39. The van der Waals surface area contributed by atoms with Gasteiger partial charge in [-0.05, 0) is 37.6 Å². The summed E-state index contributed by atoms with van der Waals surface area (Å²) in [5.74, 6) is 0.704. The minimum absolute atomic E-state index is 0.0100. The van der Waals surface area contributed by atoms with Gasteiger partial charge in [0.2, 0.25) is 5.91 Å². The Hall–Kier alpha value is -3.20. The minimum atomic E-state index is -0.442. The molecule has 150 valence electrons. The molecule has 0 saturated carbocycles. The molecule has 1 aromatic heterocycles. The molecule has 0 aliphatic rings. The van der Waals surface area contributed by atoms with E-state index in [2.05, 4.69) is 15.5 Å². The third-order valence-electron chi connectivity index (χ3n) is 4.34. The van der Waals surface area contributed by atoms with E-state index in [9.17, 15) is 14.9 Å². The van der Waals surface area contributed by atoms with Gasteiger partial charge in [0, 0.05) is 29.4 Å². The Morgan fingerprint density at radius 2 is 1.86 bits per heavy atom. The van der Waals surface area contributed by atoms with Crippen LogP contribution in [0.15, 0.2) is 59.8 Å². The quantitative estimate of drug-likeness (QED) is 0.343. The lowest BCUT2D eigenvalue weighted by molar-refractivity contribution is -0.384. The fraction of sp³-hybridized carbons (Fsp3) is 0.250. The minimum Gasteiger partial charge on any atom is -0.353 e. The van der Waals surface area contributed by atoms with Crippen LogP contribution in [0.1, 0.15) is 20.3 Å². The Kier molecular flexibility index (Phi) is 6.61. The number of hydrogen-bond donors (Lipinski definition) is 1. The van der Waals surface area contributed by atoms with E-state index >= 15 is 0 Å². The number of nitro groups is 1. The van der Waals surface area contributed by atoms with Crippen molar-refractivity contribution in [2.45, 2.75) is 31.5 Å². The highest BCUT2D eigenvalue weighted by atomic mass is 32.2. The summed E-state index contributed by atoms with van der Waals surface area (Å²) >= 11 is 1.30. The zero-order valence-electron chi connectivity index (χ0n) is 16.1. The van der Waals surface area contributed by atoms with Crippen molar-refractivity contribution in [1.29, 1.82) is 0 Å². The Morgan fingerprint density at radius 3 is 2.48 bits per heavy atom. The highest BCUT2D eigenvalue weighted by Gasteiger charge is 2.18. The fourth-order valence-electron chi connectivity index (χ4n) is 2.64.